The molecule has 0 fully saturated rings. The zero-order chi connectivity index (χ0) is 11.9. The molecule has 1 aromatic heterocycles. The van der Waals surface area contributed by atoms with Crippen LogP contribution in [-0.2, 0) is 0 Å². The second kappa shape index (κ2) is 3.73. The molecule has 0 atom stereocenters. The van der Waals surface area contributed by atoms with Gasteiger partial charge in [0.15, 0.2) is 0 Å². The summed E-state index contributed by atoms with van der Waals surface area (Å²) in [5.41, 5.74) is -0.498. The summed E-state index contributed by atoms with van der Waals surface area (Å²) in [6.07, 6.45) is 0. The van der Waals surface area contributed by atoms with Crippen molar-refractivity contribution in [3.05, 3.63) is 42.5 Å². The molecule has 1 heterocycles. The molecule has 0 bridgehead atoms. The molecule has 8 heteroatoms. The first-order valence-electron chi connectivity index (χ1n) is 4.02. The molecule has 6 nitrogen and oxygen atoms in total. The van der Waals surface area contributed by atoms with E-state index in [1.807, 2.05) is 0 Å². The number of hydrogen-bond acceptors (Lipinski definition) is 4. The number of H-pyrrole nitrogens is 1. The van der Waals surface area contributed by atoms with E-state index in [-0.39, 0.29) is 15.4 Å². The number of fused-ring (bicyclic) bond motifs is 1. The highest BCUT2D eigenvalue weighted by Gasteiger charge is 2.18. The Balaban J connectivity index is 2.90. The normalized spacial score (nSPS) is 10.6. The first kappa shape index (κ1) is 10.8. The summed E-state index contributed by atoms with van der Waals surface area (Å²) in [7, 11) is 0. The van der Waals surface area contributed by atoms with Crippen molar-refractivity contribution in [1.29, 1.82) is 0 Å². The molecular weight excluding hydrogens is 257 g/mol. The lowest BCUT2D eigenvalue weighted by Crippen LogP contribution is -2.12. The molecule has 2 rings (SSSR count). The van der Waals surface area contributed by atoms with Crippen LogP contribution in [0.4, 0.5) is 5.82 Å². The van der Waals surface area contributed by atoms with Crippen molar-refractivity contribution in [2.75, 3.05) is 0 Å². The van der Waals surface area contributed by atoms with Crippen LogP contribution in [0, 0.1) is 10.1 Å². The largest absolute Gasteiger partial charge is 0.436 e. The second-order valence-corrected chi connectivity index (χ2v) is 3.76. The number of halogens is 2. The van der Waals surface area contributed by atoms with Gasteiger partial charge in [0, 0.05) is 0 Å². The number of rotatable bonds is 1. The number of aromatic amines is 1. The average molecular weight is 260 g/mol. The highest BCUT2D eigenvalue weighted by molar-refractivity contribution is 6.42. The second-order valence-electron chi connectivity index (χ2n) is 2.95. The van der Waals surface area contributed by atoms with E-state index in [2.05, 4.69) is 10.2 Å². The van der Waals surface area contributed by atoms with Gasteiger partial charge < -0.3 is 10.1 Å². The van der Waals surface area contributed by atoms with Gasteiger partial charge in [-0.2, -0.15) is 5.10 Å². The Bertz CT molecular complexity index is 653. The number of aromatic nitrogens is 2. The van der Waals surface area contributed by atoms with Crippen molar-refractivity contribution in [2.45, 2.75) is 0 Å². The third-order valence-electron chi connectivity index (χ3n) is 1.96. The molecule has 0 radical (unpaired) electrons. The molecule has 82 valence electrons. The minimum atomic E-state index is -0.860. The van der Waals surface area contributed by atoms with Crippen molar-refractivity contribution in [2.24, 2.45) is 0 Å². The molecule has 0 unspecified atom stereocenters. The minimum absolute atomic E-state index is 0.0797. The van der Waals surface area contributed by atoms with Crippen LogP contribution in [0.1, 0.15) is 0 Å². The van der Waals surface area contributed by atoms with Gasteiger partial charge in [0.2, 0.25) is 0 Å². The van der Waals surface area contributed by atoms with E-state index in [4.69, 9.17) is 23.2 Å². The van der Waals surface area contributed by atoms with Crippen LogP contribution >= 0.6 is 23.2 Å². The fourth-order valence-corrected chi connectivity index (χ4v) is 1.56. The van der Waals surface area contributed by atoms with Crippen LogP contribution in [0.3, 0.4) is 0 Å². The van der Waals surface area contributed by atoms with Crippen molar-refractivity contribution >= 4 is 39.9 Å². The van der Waals surface area contributed by atoms with E-state index in [9.17, 15) is 14.9 Å². The summed E-state index contributed by atoms with van der Waals surface area (Å²) >= 11 is 11.4. The fourth-order valence-electron chi connectivity index (χ4n) is 1.24. The number of nitro groups is 1. The summed E-state index contributed by atoms with van der Waals surface area (Å²) in [5, 5.41) is 16.7. The topological polar surface area (TPSA) is 88.9 Å². The molecule has 0 amide bonds. The van der Waals surface area contributed by atoms with E-state index >= 15 is 0 Å². The van der Waals surface area contributed by atoms with Crippen LogP contribution < -0.4 is 5.43 Å². The number of nitrogens with one attached hydrogen (secondary N) is 1. The number of benzene rings is 1. The van der Waals surface area contributed by atoms with Crippen LogP contribution in [0.15, 0.2) is 16.9 Å². The maximum Gasteiger partial charge on any atom is 0.436 e. The molecule has 0 saturated carbocycles. The SMILES string of the molecule is O=c1c([N+](=O)[O-])n[nH]c2cc(Cl)c(Cl)cc12. The molecule has 16 heavy (non-hydrogen) atoms. The van der Waals surface area contributed by atoms with Gasteiger partial charge in [-0.1, -0.05) is 23.2 Å². The van der Waals surface area contributed by atoms with Gasteiger partial charge in [-0.05, 0) is 17.1 Å². The lowest BCUT2D eigenvalue weighted by atomic mass is 10.2. The Hall–Kier alpha value is -1.66. The smallest absolute Gasteiger partial charge is 0.358 e. The predicted molar refractivity (Wildman–Crippen MR) is 59.0 cm³/mol. The first-order chi connectivity index (χ1) is 7.50. The third kappa shape index (κ3) is 1.62. The van der Waals surface area contributed by atoms with Gasteiger partial charge in [0.25, 0.3) is 5.43 Å². The van der Waals surface area contributed by atoms with E-state index in [0.717, 1.165) is 0 Å². The van der Waals surface area contributed by atoms with E-state index in [1.165, 1.54) is 12.1 Å². The Morgan fingerprint density at radius 1 is 1.31 bits per heavy atom. The quantitative estimate of drug-likeness (QED) is 0.628. The van der Waals surface area contributed by atoms with Crippen LogP contribution in [0.5, 0.6) is 0 Å². The van der Waals surface area contributed by atoms with E-state index in [1.54, 1.807) is 0 Å². The van der Waals surface area contributed by atoms with Crippen molar-refractivity contribution in [1.82, 2.24) is 10.2 Å². The summed E-state index contributed by atoms with van der Waals surface area (Å²) in [6, 6.07) is 2.66. The highest BCUT2D eigenvalue weighted by atomic mass is 35.5. The monoisotopic (exact) mass is 259 g/mol. The maximum absolute atomic E-state index is 11.6. The third-order valence-corrected chi connectivity index (χ3v) is 2.69. The van der Waals surface area contributed by atoms with Crippen molar-refractivity contribution in [3.8, 4) is 0 Å². The zero-order valence-corrected chi connectivity index (χ0v) is 9.04. The van der Waals surface area contributed by atoms with Gasteiger partial charge in [-0.15, -0.1) is 0 Å². The van der Waals surface area contributed by atoms with Gasteiger partial charge in [0.05, 0.1) is 26.0 Å². The summed E-state index contributed by atoms with van der Waals surface area (Å²) < 4.78 is 0. The molecule has 0 spiro atoms. The molecule has 1 aromatic carbocycles. The molecule has 0 aliphatic carbocycles. The Morgan fingerprint density at radius 3 is 2.56 bits per heavy atom. The Labute approximate surface area is 97.9 Å². The van der Waals surface area contributed by atoms with E-state index < -0.39 is 16.2 Å². The summed E-state index contributed by atoms with van der Waals surface area (Å²) in [4.78, 5) is 21.2. The lowest BCUT2D eigenvalue weighted by Gasteiger charge is -1.98. The zero-order valence-electron chi connectivity index (χ0n) is 7.53. The molecule has 0 saturated heterocycles. The highest BCUT2D eigenvalue weighted by Crippen LogP contribution is 2.25. The lowest BCUT2D eigenvalue weighted by molar-refractivity contribution is -0.391. The molecule has 0 aliphatic heterocycles. The summed E-state index contributed by atoms with van der Waals surface area (Å²) in [5.74, 6) is -0.772. The average Bonchev–Trinajstić information content (AvgIpc) is 2.21. The van der Waals surface area contributed by atoms with E-state index in [0.29, 0.717) is 5.52 Å². The molecule has 1 N–H and O–H groups in total. The molecule has 0 aliphatic rings. The predicted octanol–water partition coefficient (Wildman–Crippen LogP) is 2.14. The van der Waals surface area contributed by atoms with Crippen molar-refractivity contribution < 1.29 is 4.92 Å². The standard InChI is InChI=1S/C8H3Cl2N3O3/c9-4-1-3-6(2-5(4)10)11-12-8(7(3)14)13(15)16/h1-2H,(H,11,14). The van der Waals surface area contributed by atoms with Gasteiger partial charge in [0.1, 0.15) is 0 Å². The molecular formula is C8H3Cl2N3O3. The Morgan fingerprint density at radius 2 is 1.94 bits per heavy atom. The number of hydrogen-bond donors (Lipinski definition) is 1. The van der Waals surface area contributed by atoms with Gasteiger partial charge >= 0.3 is 5.82 Å². The van der Waals surface area contributed by atoms with Crippen LogP contribution in [0.2, 0.25) is 10.0 Å². The minimum Gasteiger partial charge on any atom is -0.358 e. The van der Waals surface area contributed by atoms with Gasteiger partial charge in [-0.3, -0.25) is 4.79 Å². The Kier molecular flexibility index (Phi) is 2.53. The first-order valence-corrected chi connectivity index (χ1v) is 4.78. The fraction of sp³-hybridized carbons (Fsp3) is 0. The van der Waals surface area contributed by atoms with Crippen LogP contribution in [-0.4, -0.2) is 15.1 Å². The van der Waals surface area contributed by atoms with Crippen molar-refractivity contribution in [3.63, 3.8) is 0 Å². The maximum atomic E-state index is 11.6. The summed E-state index contributed by atoms with van der Waals surface area (Å²) in [6.45, 7) is 0. The van der Waals surface area contributed by atoms with Crippen LogP contribution in [0.25, 0.3) is 10.9 Å². The number of nitrogens with zero attached hydrogens (tertiary/aromatic N) is 2. The van der Waals surface area contributed by atoms with Gasteiger partial charge in [-0.25, -0.2) is 0 Å². The molecule has 2 aromatic rings.